The number of hydrogen-bond donors (Lipinski definition) is 0. The summed E-state index contributed by atoms with van der Waals surface area (Å²) in [6, 6.07) is 3.92. The number of nitriles is 2. The monoisotopic (exact) mass is 405 g/mol. The maximum atomic E-state index is 12.9. The van der Waals surface area contributed by atoms with Gasteiger partial charge in [-0.25, -0.2) is 0 Å². The number of halogens is 6. The number of alkyl halides is 6. The first kappa shape index (κ1) is 20.1. The number of nitrogens with zero attached hydrogens (tertiary/aromatic N) is 5. The highest BCUT2D eigenvalue weighted by Gasteiger charge is 2.37. The average Bonchev–Trinajstić information content (AvgIpc) is 3.06. The molecule has 0 radical (unpaired) electrons. The third-order valence-electron chi connectivity index (χ3n) is 2.86. The summed E-state index contributed by atoms with van der Waals surface area (Å²) in [5.41, 5.74) is -3.94. The molecule has 0 bridgehead atoms. The molecule has 2 rings (SSSR count). The lowest BCUT2D eigenvalue weighted by atomic mass is 10.1. The summed E-state index contributed by atoms with van der Waals surface area (Å²) >= 11 is 0.675. The first-order chi connectivity index (χ1) is 12.5. The Labute approximate surface area is 150 Å². The van der Waals surface area contributed by atoms with Gasteiger partial charge >= 0.3 is 12.4 Å². The van der Waals surface area contributed by atoms with Crippen molar-refractivity contribution in [1.29, 1.82) is 10.5 Å². The van der Waals surface area contributed by atoms with Crippen molar-refractivity contribution in [2.75, 3.05) is 0 Å². The van der Waals surface area contributed by atoms with Gasteiger partial charge in [0.25, 0.3) is 5.71 Å². The molecule has 0 aliphatic rings. The number of oxime groups is 1. The van der Waals surface area contributed by atoms with E-state index < -0.39 is 34.8 Å². The highest BCUT2D eigenvalue weighted by Crippen LogP contribution is 2.39. The van der Waals surface area contributed by atoms with Crippen molar-refractivity contribution in [2.45, 2.75) is 19.0 Å². The first-order valence-electron chi connectivity index (χ1n) is 6.67. The lowest BCUT2D eigenvalue weighted by molar-refractivity contribution is -0.143. The number of rotatable bonds is 4. The van der Waals surface area contributed by atoms with E-state index in [0.29, 0.717) is 23.5 Å². The summed E-state index contributed by atoms with van der Waals surface area (Å²) in [5.74, 6) is 0. The summed E-state index contributed by atoms with van der Waals surface area (Å²) < 4.78 is 77.3. The van der Waals surface area contributed by atoms with Crippen LogP contribution in [0.2, 0.25) is 0 Å². The van der Waals surface area contributed by atoms with Gasteiger partial charge in [0.2, 0.25) is 0 Å². The second kappa shape index (κ2) is 7.59. The van der Waals surface area contributed by atoms with E-state index in [1.54, 1.807) is 0 Å². The predicted octanol–water partition coefficient (Wildman–Crippen LogP) is 4.16. The fraction of sp³-hybridized carbons (Fsp3) is 0.214. The van der Waals surface area contributed by atoms with Crippen molar-refractivity contribution < 1.29 is 31.2 Å². The molecule has 0 saturated carbocycles. The Bertz CT molecular complexity index is 902. The van der Waals surface area contributed by atoms with Gasteiger partial charge < -0.3 is 4.84 Å². The zero-order valence-electron chi connectivity index (χ0n) is 12.8. The number of benzene rings is 1. The van der Waals surface area contributed by atoms with Crippen LogP contribution in [0.5, 0.6) is 0 Å². The molecule has 0 amide bonds. The quantitative estimate of drug-likeness (QED) is 0.432. The minimum Gasteiger partial charge on any atom is -0.387 e. The van der Waals surface area contributed by atoms with E-state index in [4.69, 9.17) is 10.5 Å². The number of hydrogen-bond acceptors (Lipinski definition) is 7. The molecule has 0 aliphatic heterocycles. The van der Waals surface area contributed by atoms with Gasteiger partial charge in [-0.15, -0.1) is 10.2 Å². The highest BCUT2D eigenvalue weighted by molar-refractivity contribution is 7.14. The third kappa shape index (κ3) is 5.15. The zero-order valence-corrected chi connectivity index (χ0v) is 13.6. The van der Waals surface area contributed by atoms with Crippen LogP contribution in [0.3, 0.4) is 0 Å². The summed E-state index contributed by atoms with van der Waals surface area (Å²) in [5, 5.41) is 27.1. The van der Waals surface area contributed by atoms with E-state index in [-0.39, 0.29) is 22.7 Å². The molecule has 1 heterocycles. The van der Waals surface area contributed by atoms with E-state index in [1.165, 1.54) is 12.1 Å². The zero-order chi connectivity index (χ0) is 20.2. The maximum Gasteiger partial charge on any atom is 0.416 e. The molecule has 1 aromatic carbocycles. The van der Waals surface area contributed by atoms with Crippen molar-refractivity contribution in [3.63, 3.8) is 0 Å². The van der Waals surface area contributed by atoms with Crippen molar-refractivity contribution in [2.24, 2.45) is 5.16 Å². The first-order valence-corrected chi connectivity index (χ1v) is 7.48. The Kier molecular flexibility index (Phi) is 5.66. The van der Waals surface area contributed by atoms with Crippen LogP contribution in [0, 0.1) is 22.7 Å². The van der Waals surface area contributed by atoms with Crippen molar-refractivity contribution >= 4 is 17.0 Å². The van der Waals surface area contributed by atoms with Gasteiger partial charge in [-0.3, -0.25) is 0 Å². The molecule has 0 atom stereocenters. The predicted molar refractivity (Wildman–Crippen MR) is 78.8 cm³/mol. The van der Waals surface area contributed by atoms with Crippen LogP contribution >= 0.6 is 11.3 Å². The van der Waals surface area contributed by atoms with E-state index in [9.17, 15) is 26.3 Å². The molecule has 2 aromatic rings. The topological polar surface area (TPSA) is 95.0 Å². The van der Waals surface area contributed by atoms with Crippen LogP contribution in [-0.2, 0) is 23.8 Å². The van der Waals surface area contributed by atoms with Gasteiger partial charge in [-0.2, -0.15) is 36.9 Å². The molecule has 140 valence electrons. The maximum absolute atomic E-state index is 12.9. The van der Waals surface area contributed by atoms with Gasteiger partial charge in [-0.05, 0) is 18.2 Å². The third-order valence-corrected chi connectivity index (χ3v) is 3.80. The average molecular weight is 405 g/mol. The van der Waals surface area contributed by atoms with Gasteiger partial charge in [0.05, 0.1) is 11.1 Å². The Hall–Kier alpha value is -3.19. The van der Waals surface area contributed by atoms with Gasteiger partial charge in [0.1, 0.15) is 17.1 Å². The number of aromatic nitrogens is 2. The molecule has 1 aromatic heterocycles. The van der Waals surface area contributed by atoms with Crippen LogP contribution in [0.25, 0.3) is 10.6 Å². The lowest BCUT2D eigenvalue weighted by Crippen LogP contribution is -2.11. The fourth-order valence-corrected chi connectivity index (χ4v) is 2.46. The van der Waals surface area contributed by atoms with Crippen LogP contribution in [0.1, 0.15) is 16.1 Å². The summed E-state index contributed by atoms with van der Waals surface area (Å²) in [7, 11) is 0. The van der Waals surface area contributed by atoms with Crippen LogP contribution < -0.4 is 0 Å². The molecule has 6 nitrogen and oxygen atoms in total. The van der Waals surface area contributed by atoms with E-state index in [2.05, 4.69) is 20.2 Å². The molecule has 27 heavy (non-hydrogen) atoms. The molecular formula is C14H5F6N5OS. The largest absolute Gasteiger partial charge is 0.416 e. The smallest absolute Gasteiger partial charge is 0.387 e. The Morgan fingerprint density at radius 1 is 1.00 bits per heavy atom. The Morgan fingerprint density at radius 3 is 2.04 bits per heavy atom. The minimum absolute atomic E-state index is 0.00851. The molecule has 0 aliphatic carbocycles. The van der Waals surface area contributed by atoms with Gasteiger partial charge in [0.15, 0.2) is 11.6 Å². The highest BCUT2D eigenvalue weighted by atomic mass is 32.1. The summed E-state index contributed by atoms with van der Waals surface area (Å²) in [6.07, 6.45) is -9.96. The second-order valence-electron chi connectivity index (χ2n) is 4.73. The molecule has 0 N–H and O–H groups in total. The van der Waals surface area contributed by atoms with Crippen molar-refractivity contribution in [3.05, 3.63) is 34.3 Å². The van der Waals surface area contributed by atoms with Gasteiger partial charge in [-0.1, -0.05) is 16.5 Å². The Morgan fingerprint density at radius 2 is 1.56 bits per heavy atom. The fourth-order valence-electron chi connectivity index (χ4n) is 1.72. The molecule has 13 heteroatoms. The standard InChI is InChI=1S/C14H5F6N5OS/c15-13(16,17)8-1-7(2-9(3-8)14(18,19)20)12-24-23-11(27-12)6-26-25-10(4-21)5-22/h1-3H,6H2. The lowest BCUT2D eigenvalue weighted by Gasteiger charge is -2.13. The molecular weight excluding hydrogens is 400 g/mol. The summed E-state index contributed by atoms with van der Waals surface area (Å²) in [4.78, 5) is 4.66. The molecule has 0 saturated heterocycles. The van der Waals surface area contributed by atoms with Crippen molar-refractivity contribution in [1.82, 2.24) is 10.2 Å². The Balaban J connectivity index is 2.34. The molecule has 0 spiro atoms. The van der Waals surface area contributed by atoms with Crippen molar-refractivity contribution in [3.8, 4) is 22.7 Å². The minimum atomic E-state index is -4.98. The normalized spacial score (nSPS) is 11.4. The van der Waals surface area contributed by atoms with Crippen LogP contribution in [-0.4, -0.2) is 15.9 Å². The molecule has 0 fully saturated rings. The second-order valence-corrected chi connectivity index (χ2v) is 5.79. The molecule has 0 unspecified atom stereocenters. The van der Waals surface area contributed by atoms with Crippen LogP contribution in [0.15, 0.2) is 23.4 Å². The summed E-state index contributed by atoms with van der Waals surface area (Å²) in [6.45, 7) is -0.379. The van der Waals surface area contributed by atoms with E-state index in [1.807, 2.05) is 0 Å². The van der Waals surface area contributed by atoms with E-state index >= 15 is 0 Å². The van der Waals surface area contributed by atoms with E-state index in [0.717, 1.165) is 0 Å². The van der Waals surface area contributed by atoms with Crippen LogP contribution in [0.4, 0.5) is 26.3 Å². The van der Waals surface area contributed by atoms with Gasteiger partial charge in [0, 0.05) is 5.56 Å². The SMILES string of the molecule is N#CC(C#N)=NOCc1nnc(-c2cc(C(F)(F)F)cc(C(F)(F)F)c2)s1.